The Morgan fingerprint density at radius 1 is 0.566 bits per heavy atom. The van der Waals surface area contributed by atoms with Crippen molar-refractivity contribution in [3.63, 3.8) is 0 Å². The van der Waals surface area contributed by atoms with Crippen molar-refractivity contribution in [3.8, 4) is 34.5 Å². The Morgan fingerprint density at radius 3 is 1.45 bits per heavy atom. The van der Waals surface area contributed by atoms with Crippen LogP contribution in [0.25, 0.3) is 0 Å². The number of aromatic hydroxyl groups is 1. The van der Waals surface area contributed by atoms with E-state index in [1.165, 1.54) is 106 Å². The predicted octanol–water partition coefficient (Wildman–Crippen LogP) is 9.31. The summed E-state index contributed by atoms with van der Waals surface area (Å²) in [5.41, 5.74) is 1.76. The van der Waals surface area contributed by atoms with Crippen LogP contribution in [0.4, 0.5) is 0 Å². The van der Waals surface area contributed by atoms with Gasteiger partial charge < -0.3 is 24.2 Å². The maximum atomic E-state index is 12.2. The molecule has 0 aliphatic rings. The van der Waals surface area contributed by atoms with E-state index in [2.05, 4.69) is 13.8 Å². The van der Waals surface area contributed by atoms with Gasteiger partial charge in [-0.1, -0.05) is 114 Å². The van der Waals surface area contributed by atoms with Crippen LogP contribution in [0.15, 0.2) is 94.7 Å². The first kappa shape index (κ1) is 46.3. The van der Waals surface area contributed by atoms with Crippen LogP contribution >= 0.6 is 0 Å². The Balaban J connectivity index is 0.000000360. The molecule has 13 heteroatoms. The zero-order valence-corrected chi connectivity index (χ0v) is 34.5. The molecule has 4 rings (SSSR count). The number of hydrogen-bond acceptors (Lipinski definition) is 9. The van der Waals surface area contributed by atoms with Gasteiger partial charge in [0.25, 0.3) is 10.1 Å². The number of benzene rings is 4. The SMILES string of the molecule is CCCCCCCCc1cccc(O)c1Oc1ccc(S(=O)(=O)O)cc1.CCCCCCCCc1cccc([O-])c1Oc1ccc(S(=O)(=O)[O-])cc1.[Ca+2]. The van der Waals surface area contributed by atoms with E-state index >= 15 is 0 Å². The van der Waals surface area contributed by atoms with Crippen molar-refractivity contribution in [1.82, 2.24) is 0 Å². The Kier molecular flexibility index (Phi) is 20.8. The van der Waals surface area contributed by atoms with E-state index in [0.717, 1.165) is 49.7 Å². The molecule has 0 heterocycles. The van der Waals surface area contributed by atoms with Gasteiger partial charge in [-0.3, -0.25) is 4.55 Å². The summed E-state index contributed by atoms with van der Waals surface area (Å²) in [5, 5.41) is 22.3. The van der Waals surface area contributed by atoms with Crippen LogP contribution in [-0.4, -0.2) is 68.8 Å². The molecule has 0 aromatic heterocycles. The number of unbranched alkanes of at least 4 members (excludes halogenated alkanes) is 10. The molecule has 0 saturated carbocycles. The van der Waals surface area contributed by atoms with Gasteiger partial charge in [-0.05, 0) is 91.4 Å². The third-order valence-corrected chi connectivity index (χ3v) is 10.1. The molecule has 53 heavy (non-hydrogen) atoms. The van der Waals surface area contributed by atoms with Crippen LogP contribution < -0.4 is 14.6 Å². The van der Waals surface area contributed by atoms with Crippen molar-refractivity contribution in [2.24, 2.45) is 0 Å². The number of para-hydroxylation sites is 2. The van der Waals surface area contributed by atoms with Gasteiger partial charge in [0.1, 0.15) is 27.4 Å². The molecular weight excluding hydrogens is 745 g/mol. The fourth-order valence-corrected chi connectivity index (χ4v) is 6.49. The fourth-order valence-electron chi connectivity index (χ4n) is 5.54. The molecule has 0 atom stereocenters. The zero-order valence-electron chi connectivity index (χ0n) is 30.7. The summed E-state index contributed by atoms with van der Waals surface area (Å²) in [6, 6.07) is 20.8. The van der Waals surface area contributed by atoms with Gasteiger partial charge in [-0.2, -0.15) is 8.42 Å². The van der Waals surface area contributed by atoms with E-state index in [9.17, 15) is 31.6 Å². The summed E-state index contributed by atoms with van der Waals surface area (Å²) in [7, 11) is -8.73. The largest absolute Gasteiger partial charge is 2.00 e. The Bertz CT molecular complexity index is 1740. The number of phenolic OH excluding ortho intramolecular Hbond substituents is 1. The maximum Gasteiger partial charge on any atom is 2.00 e. The van der Waals surface area contributed by atoms with Gasteiger partial charge in [0, 0.05) is 0 Å². The van der Waals surface area contributed by atoms with Crippen molar-refractivity contribution >= 4 is 58.0 Å². The number of ether oxygens (including phenoxy) is 2. The van der Waals surface area contributed by atoms with Gasteiger partial charge in [-0.25, -0.2) is 8.42 Å². The minimum absolute atomic E-state index is 0. The molecule has 0 amide bonds. The minimum Gasteiger partial charge on any atom is -0.870 e. The zero-order chi connectivity index (χ0) is 38.0. The smallest absolute Gasteiger partial charge is 0.870 e. The third kappa shape index (κ3) is 16.6. The molecule has 0 unspecified atom stereocenters. The summed E-state index contributed by atoms with van der Waals surface area (Å²) in [4.78, 5) is -0.526. The molecule has 0 aliphatic carbocycles. The maximum absolute atomic E-state index is 12.2. The van der Waals surface area contributed by atoms with Crippen molar-refractivity contribution < 1.29 is 45.6 Å². The van der Waals surface area contributed by atoms with E-state index in [1.54, 1.807) is 18.2 Å². The second-order valence-corrected chi connectivity index (χ2v) is 15.4. The van der Waals surface area contributed by atoms with E-state index in [-0.39, 0.29) is 64.8 Å². The molecule has 0 fully saturated rings. The summed E-state index contributed by atoms with van der Waals surface area (Å²) in [6.07, 6.45) is 15.6. The summed E-state index contributed by atoms with van der Waals surface area (Å²) >= 11 is 0. The van der Waals surface area contributed by atoms with Crippen molar-refractivity contribution in [2.75, 3.05) is 0 Å². The van der Waals surface area contributed by atoms with Crippen molar-refractivity contribution in [1.29, 1.82) is 0 Å². The molecule has 2 N–H and O–H groups in total. The normalized spacial score (nSPS) is 11.2. The first-order chi connectivity index (χ1) is 24.8. The minimum atomic E-state index is -4.50. The molecule has 284 valence electrons. The Morgan fingerprint density at radius 2 is 0.981 bits per heavy atom. The van der Waals surface area contributed by atoms with E-state index < -0.39 is 20.2 Å². The monoisotopic (exact) mass is 794 g/mol. The average Bonchev–Trinajstić information content (AvgIpc) is 3.10. The van der Waals surface area contributed by atoms with Crippen LogP contribution in [-0.2, 0) is 33.1 Å². The van der Waals surface area contributed by atoms with Crippen LogP contribution in [0.3, 0.4) is 0 Å². The quantitative estimate of drug-likeness (QED) is 0.0499. The first-order valence-corrected chi connectivity index (χ1v) is 20.8. The number of rotatable bonds is 20. The molecular formula is C40H50CaO10S2. The molecule has 0 bridgehead atoms. The molecule has 4 aromatic carbocycles. The fraction of sp³-hybridized carbons (Fsp3) is 0.400. The van der Waals surface area contributed by atoms with Gasteiger partial charge in [-0.15, -0.1) is 0 Å². The number of aryl methyl sites for hydroxylation is 2. The second kappa shape index (κ2) is 23.8. The van der Waals surface area contributed by atoms with Crippen LogP contribution in [0.2, 0.25) is 0 Å². The van der Waals surface area contributed by atoms with Gasteiger partial charge in [0.2, 0.25) is 0 Å². The molecule has 0 saturated heterocycles. The van der Waals surface area contributed by atoms with Gasteiger partial charge in [0.15, 0.2) is 11.5 Å². The van der Waals surface area contributed by atoms with Crippen LogP contribution in [0, 0.1) is 0 Å². The summed E-state index contributed by atoms with van der Waals surface area (Å²) < 4.78 is 75.6. The van der Waals surface area contributed by atoms with Gasteiger partial charge >= 0.3 is 37.7 Å². The first-order valence-electron chi connectivity index (χ1n) is 17.9. The molecule has 10 nitrogen and oxygen atoms in total. The Hall–Kier alpha value is -2.84. The summed E-state index contributed by atoms with van der Waals surface area (Å²) in [6.45, 7) is 4.38. The van der Waals surface area contributed by atoms with E-state index in [4.69, 9.17) is 14.0 Å². The average molecular weight is 795 g/mol. The molecule has 0 spiro atoms. The van der Waals surface area contributed by atoms with Crippen molar-refractivity contribution in [2.45, 2.75) is 114 Å². The van der Waals surface area contributed by atoms with Gasteiger partial charge in [0.05, 0.1) is 9.79 Å². The van der Waals surface area contributed by atoms with Crippen LogP contribution in [0.1, 0.15) is 102 Å². The number of phenols is 1. The van der Waals surface area contributed by atoms with E-state index in [1.807, 2.05) is 12.1 Å². The predicted molar refractivity (Wildman–Crippen MR) is 205 cm³/mol. The molecule has 0 radical (unpaired) electrons. The van der Waals surface area contributed by atoms with Crippen molar-refractivity contribution in [3.05, 3.63) is 96.1 Å². The number of hydrogen-bond donors (Lipinski definition) is 2. The molecule has 0 aliphatic heterocycles. The topological polar surface area (TPSA) is 173 Å². The summed E-state index contributed by atoms with van der Waals surface area (Å²) in [5.74, 6) is 1.20. The molecule has 4 aromatic rings. The Labute approximate surface area is 345 Å². The standard InChI is InChI=1S/2C20H26O5S.Ca/c2*1-2-3-4-5-6-7-9-16-10-8-11-19(21)20(16)25-17-12-14-18(15-13-17)26(22,23)24;/h2*8,10-15,21H,2-7,9H2,1H3,(H,22,23,24);/q;;+2/p-2. The second-order valence-electron chi connectivity index (χ2n) is 12.6. The van der Waals surface area contributed by atoms with E-state index in [0.29, 0.717) is 17.2 Å². The van der Waals surface area contributed by atoms with Crippen LogP contribution in [0.5, 0.6) is 34.5 Å². The third-order valence-electron chi connectivity index (χ3n) is 8.41.